The number of nitrogens with zero attached hydrogens (tertiary/aromatic N) is 3. The van der Waals surface area contributed by atoms with E-state index in [4.69, 9.17) is 5.73 Å². The Bertz CT molecular complexity index is 788. The quantitative estimate of drug-likeness (QED) is 0.591. The van der Waals surface area contributed by atoms with Gasteiger partial charge in [0.15, 0.2) is 5.82 Å². The highest BCUT2D eigenvalue weighted by atomic mass is 19.3. The van der Waals surface area contributed by atoms with Crippen molar-refractivity contribution in [2.45, 2.75) is 19.4 Å². The normalized spacial score (nSPS) is 11.9. The van der Waals surface area contributed by atoms with Gasteiger partial charge in [0.1, 0.15) is 24.1 Å². The molecule has 0 fully saturated rings. The molecule has 26 heavy (non-hydrogen) atoms. The van der Waals surface area contributed by atoms with Crippen molar-refractivity contribution in [2.24, 2.45) is 0 Å². The Morgan fingerprint density at radius 3 is 2.62 bits per heavy atom. The summed E-state index contributed by atoms with van der Waals surface area (Å²) >= 11 is 0. The zero-order chi connectivity index (χ0) is 19.3. The van der Waals surface area contributed by atoms with E-state index < -0.39 is 30.9 Å². The lowest BCUT2D eigenvalue weighted by molar-refractivity contribution is 0.0963. The molecular formula is C15H18F3N7O. The summed E-state index contributed by atoms with van der Waals surface area (Å²) in [5, 5.41) is 8.02. The minimum absolute atomic E-state index is 0.0116. The molecule has 0 aliphatic rings. The third kappa shape index (κ3) is 4.71. The van der Waals surface area contributed by atoms with E-state index in [0.717, 1.165) is 0 Å². The van der Waals surface area contributed by atoms with Gasteiger partial charge in [-0.1, -0.05) is 0 Å². The molecule has 1 atom stereocenters. The SMILES string of the molecule is CNC(=O)c1cnc(Nc2cc(N)nc(C(F)F)n2)cc1N[C@H](C)CF. The Morgan fingerprint density at radius 2 is 2.00 bits per heavy atom. The van der Waals surface area contributed by atoms with Crippen molar-refractivity contribution in [3.05, 3.63) is 29.7 Å². The number of nitrogens with one attached hydrogen (secondary N) is 3. The number of nitrogens with two attached hydrogens (primary N) is 1. The van der Waals surface area contributed by atoms with Crippen LogP contribution < -0.4 is 21.7 Å². The molecule has 2 heterocycles. The van der Waals surface area contributed by atoms with Crippen LogP contribution >= 0.6 is 0 Å². The highest BCUT2D eigenvalue weighted by Crippen LogP contribution is 2.24. The van der Waals surface area contributed by atoms with Gasteiger partial charge in [-0.05, 0) is 6.92 Å². The smallest absolute Gasteiger partial charge is 0.297 e. The number of nitrogen functional groups attached to an aromatic ring is 1. The number of amides is 1. The molecule has 140 valence electrons. The minimum Gasteiger partial charge on any atom is -0.384 e. The van der Waals surface area contributed by atoms with Crippen LogP contribution in [-0.2, 0) is 0 Å². The van der Waals surface area contributed by atoms with E-state index in [-0.39, 0.29) is 23.0 Å². The fraction of sp³-hybridized carbons (Fsp3) is 0.333. The fourth-order valence-electron chi connectivity index (χ4n) is 2.04. The van der Waals surface area contributed by atoms with Gasteiger partial charge in [-0.3, -0.25) is 4.79 Å². The van der Waals surface area contributed by atoms with Gasteiger partial charge in [-0.15, -0.1) is 0 Å². The van der Waals surface area contributed by atoms with Gasteiger partial charge in [0.25, 0.3) is 12.3 Å². The van der Waals surface area contributed by atoms with Crippen molar-refractivity contribution in [3.63, 3.8) is 0 Å². The van der Waals surface area contributed by atoms with E-state index in [0.29, 0.717) is 5.69 Å². The molecule has 0 aliphatic heterocycles. The third-order valence-corrected chi connectivity index (χ3v) is 3.22. The standard InChI is InChI=1S/C15H18F3N7O/c1-7(5-16)22-9-3-11(21-6-8(9)15(26)20-2)24-12-4-10(19)23-14(25-12)13(17)18/h3-4,6-7,13H,5H2,1-2H3,(H,20,26)(H4,19,21,22,23,24,25)/t7-/m1/s1. The van der Waals surface area contributed by atoms with E-state index in [1.165, 1.54) is 25.4 Å². The molecule has 0 unspecified atom stereocenters. The highest BCUT2D eigenvalue weighted by Gasteiger charge is 2.16. The van der Waals surface area contributed by atoms with Crippen LogP contribution in [0.25, 0.3) is 0 Å². The van der Waals surface area contributed by atoms with Gasteiger partial charge < -0.3 is 21.7 Å². The van der Waals surface area contributed by atoms with Crippen LogP contribution in [0.4, 0.5) is 36.3 Å². The topological polar surface area (TPSA) is 118 Å². The van der Waals surface area contributed by atoms with Crippen molar-refractivity contribution >= 4 is 29.0 Å². The second-order valence-electron chi connectivity index (χ2n) is 5.36. The van der Waals surface area contributed by atoms with E-state index in [9.17, 15) is 18.0 Å². The van der Waals surface area contributed by atoms with Crippen molar-refractivity contribution in [3.8, 4) is 0 Å². The Hall–Kier alpha value is -3.11. The van der Waals surface area contributed by atoms with Crippen molar-refractivity contribution < 1.29 is 18.0 Å². The molecule has 5 N–H and O–H groups in total. The summed E-state index contributed by atoms with van der Waals surface area (Å²) in [5.74, 6) is -1.06. The summed E-state index contributed by atoms with van der Waals surface area (Å²) in [6.07, 6.45) is -1.61. The molecule has 0 radical (unpaired) electrons. The number of hydrogen-bond donors (Lipinski definition) is 4. The maximum atomic E-state index is 12.8. The van der Waals surface area contributed by atoms with Gasteiger partial charge in [0.05, 0.1) is 17.3 Å². The molecule has 0 saturated carbocycles. The average Bonchev–Trinajstić information content (AvgIpc) is 2.60. The average molecular weight is 369 g/mol. The lowest BCUT2D eigenvalue weighted by Crippen LogP contribution is -2.23. The highest BCUT2D eigenvalue weighted by molar-refractivity contribution is 5.99. The number of aromatic nitrogens is 3. The van der Waals surface area contributed by atoms with Crippen LogP contribution in [0.2, 0.25) is 0 Å². The molecule has 2 aromatic rings. The predicted octanol–water partition coefficient (Wildman–Crippen LogP) is 2.26. The summed E-state index contributed by atoms with van der Waals surface area (Å²) in [5.41, 5.74) is 6.02. The zero-order valence-electron chi connectivity index (χ0n) is 14.1. The number of rotatable bonds is 7. The first-order chi connectivity index (χ1) is 12.3. The van der Waals surface area contributed by atoms with Gasteiger partial charge >= 0.3 is 0 Å². The number of pyridine rings is 1. The Labute approximate surface area is 147 Å². The second kappa shape index (κ2) is 8.32. The van der Waals surface area contributed by atoms with E-state index in [2.05, 4.69) is 30.9 Å². The van der Waals surface area contributed by atoms with Gasteiger partial charge in [-0.25, -0.2) is 28.1 Å². The molecule has 2 aromatic heterocycles. The summed E-state index contributed by atoms with van der Waals surface area (Å²) in [6.45, 7) is 0.944. The largest absolute Gasteiger partial charge is 0.384 e. The van der Waals surface area contributed by atoms with Crippen LogP contribution in [0.3, 0.4) is 0 Å². The lowest BCUT2D eigenvalue weighted by Gasteiger charge is -2.16. The Kier molecular flexibility index (Phi) is 6.15. The third-order valence-electron chi connectivity index (χ3n) is 3.22. The summed E-state index contributed by atoms with van der Waals surface area (Å²) in [7, 11) is 1.45. The molecule has 0 bridgehead atoms. The molecule has 0 aliphatic carbocycles. The van der Waals surface area contributed by atoms with Crippen molar-refractivity contribution in [1.82, 2.24) is 20.3 Å². The zero-order valence-corrected chi connectivity index (χ0v) is 14.1. The number of carbonyl (C=O) groups excluding carboxylic acids is 1. The van der Waals surface area contributed by atoms with Crippen LogP contribution in [0.1, 0.15) is 29.5 Å². The first kappa shape index (κ1) is 19.2. The molecule has 0 saturated heterocycles. The van der Waals surface area contributed by atoms with Crippen molar-refractivity contribution in [1.29, 1.82) is 0 Å². The molecule has 8 nitrogen and oxygen atoms in total. The molecule has 1 amide bonds. The number of anilines is 4. The summed E-state index contributed by atoms with van der Waals surface area (Å²) in [4.78, 5) is 23.1. The predicted molar refractivity (Wildman–Crippen MR) is 91.4 cm³/mol. The molecular weight excluding hydrogens is 351 g/mol. The number of carbonyl (C=O) groups is 1. The first-order valence-electron chi connectivity index (χ1n) is 7.58. The number of halogens is 3. The number of hydrogen-bond acceptors (Lipinski definition) is 7. The van der Waals surface area contributed by atoms with Gasteiger partial charge in [0, 0.05) is 25.4 Å². The van der Waals surface area contributed by atoms with E-state index in [1.54, 1.807) is 6.92 Å². The van der Waals surface area contributed by atoms with Crippen molar-refractivity contribution in [2.75, 3.05) is 30.1 Å². The minimum atomic E-state index is -2.88. The summed E-state index contributed by atoms with van der Waals surface area (Å²) in [6, 6.07) is 2.16. The second-order valence-corrected chi connectivity index (χ2v) is 5.36. The molecule has 11 heteroatoms. The lowest BCUT2D eigenvalue weighted by atomic mass is 10.2. The van der Waals surface area contributed by atoms with Crippen LogP contribution in [0, 0.1) is 0 Å². The maximum absolute atomic E-state index is 12.8. The van der Waals surface area contributed by atoms with Gasteiger partial charge in [-0.2, -0.15) is 0 Å². The fourth-order valence-corrected chi connectivity index (χ4v) is 2.04. The van der Waals surface area contributed by atoms with Gasteiger partial charge in [0.2, 0.25) is 0 Å². The molecule has 2 rings (SSSR count). The van der Waals surface area contributed by atoms with Crippen LogP contribution in [0.15, 0.2) is 18.3 Å². The van der Waals surface area contributed by atoms with E-state index >= 15 is 0 Å². The maximum Gasteiger partial charge on any atom is 0.297 e. The molecule has 0 aromatic carbocycles. The number of alkyl halides is 3. The first-order valence-corrected chi connectivity index (χ1v) is 7.58. The molecule has 0 spiro atoms. The monoisotopic (exact) mass is 369 g/mol. The summed E-state index contributed by atoms with van der Waals surface area (Å²) < 4.78 is 38.4. The van der Waals surface area contributed by atoms with Crippen LogP contribution in [-0.4, -0.2) is 40.6 Å². The van der Waals surface area contributed by atoms with Crippen LogP contribution in [0.5, 0.6) is 0 Å². The van der Waals surface area contributed by atoms with E-state index in [1.807, 2.05) is 0 Å². The Balaban J connectivity index is 2.35. The Morgan fingerprint density at radius 1 is 1.27 bits per heavy atom.